The van der Waals surface area contributed by atoms with Crippen LogP contribution in [0.5, 0.6) is 5.75 Å². The first kappa shape index (κ1) is 57.7. The highest BCUT2D eigenvalue weighted by atomic mass is 19.4. The highest BCUT2D eigenvalue weighted by Gasteiger charge is 2.40. The molecule has 6 unspecified atom stereocenters. The van der Waals surface area contributed by atoms with Gasteiger partial charge >= 0.3 is 12.4 Å². The number of ether oxygens (including phenoxy) is 1. The summed E-state index contributed by atoms with van der Waals surface area (Å²) in [5.74, 6) is -11.7. The molecule has 4 rings (SSSR count). The van der Waals surface area contributed by atoms with Crippen molar-refractivity contribution in [2.45, 2.75) is 55.8 Å². The Kier molecular flexibility index (Phi) is 18.8. The third-order valence-electron chi connectivity index (χ3n) is 9.69. The van der Waals surface area contributed by atoms with E-state index in [0.29, 0.717) is 22.8 Å². The maximum atomic E-state index is 14.4. The van der Waals surface area contributed by atoms with Crippen LogP contribution < -0.4 is 87.8 Å². The summed E-state index contributed by atoms with van der Waals surface area (Å²) in [7, 11) is 1.32. The Balaban J connectivity index is 1.75. The van der Waals surface area contributed by atoms with Crippen LogP contribution in [0.2, 0.25) is 0 Å². The molecule has 0 aliphatic carbocycles. The second kappa shape index (κ2) is 24.5. The smallest absolute Gasteiger partial charge is 0.433 e. The number of para-hydroxylation sites is 1. The molecule has 4 aromatic rings. The van der Waals surface area contributed by atoms with Crippen molar-refractivity contribution in [3.63, 3.8) is 0 Å². The minimum atomic E-state index is -5.37. The van der Waals surface area contributed by atoms with E-state index < -0.39 is 143 Å². The molecule has 0 bridgehead atoms. The highest BCUT2D eigenvalue weighted by Crippen LogP contribution is 2.41. The van der Waals surface area contributed by atoms with Crippen LogP contribution in [0.15, 0.2) is 98.8 Å². The number of nitrogens with two attached hydrogens (primary N) is 9. The number of halogens is 6. The van der Waals surface area contributed by atoms with Gasteiger partial charge in [0.05, 0.1) is 23.9 Å². The van der Waals surface area contributed by atoms with Gasteiger partial charge in [-0.25, -0.2) is 25.0 Å². The van der Waals surface area contributed by atoms with Crippen molar-refractivity contribution < 1.29 is 65.0 Å². The van der Waals surface area contributed by atoms with E-state index in [2.05, 4.69) is 35.6 Å². The summed E-state index contributed by atoms with van der Waals surface area (Å²) < 4.78 is 91.3. The van der Waals surface area contributed by atoms with E-state index in [4.69, 9.17) is 56.3 Å². The van der Waals surface area contributed by atoms with Crippen molar-refractivity contribution in [1.82, 2.24) is 31.6 Å². The van der Waals surface area contributed by atoms with Gasteiger partial charge in [-0.15, -0.1) is 0 Å². The van der Waals surface area contributed by atoms with Gasteiger partial charge in [0, 0.05) is 11.9 Å². The number of anilines is 1. The third kappa shape index (κ3) is 16.1. The first-order valence-electron chi connectivity index (χ1n) is 20.9. The number of methoxy groups -OCH3 is 1. The number of nitrogens with one attached hydrogen (secondary N) is 5. The number of carbonyl (C=O) groups excluding carboxylic acids is 6. The van der Waals surface area contributed by atoms with Gasteiger partial charge < -0.3 is 92.9 Å². The summed E-state index contributed by atoms with van der Waals surface area (Å²) in [5, 5.41) is 21.5. The lowest BCUT2D eigenvalue weighted by atomic mass is 10.0. The molecule has 402 valence electrons. The number of primary amides is 1. The molecule has 0 saturated carbocycles. The number of aliphatic imine (C=N–C) groups is 4. The fraction of sp³-hybridized carbons (Fsp3) is 0.244. The zero-order valence-electron chi connectivity index (χ0n) is 38.6. The highest BCUT2D eigenvalue weighted by molar-refractivity contribution is 6.00. The third-order valence-corrected chi connectivity index (χ3v) is 9.69. The van der Waals surface area contributed by atoms with Crippen LogP contribution in [-0.2, 0) is 47.7 Å². The lowest BCUT2D eigenvalue weighted by Gasteiger charge is -2.32. The van der Waals surface area contributed by atoms with E-state index in [1.807, 2.05) is 16.0 Å². The Labute approximate surface area is 418 Å². The lowest BCUT2D eigenvalue weighted by molar-refractivity contribution is -0.142. The number of amides is 6. The average molecular weight is 1060 g/mol. The summed E-state index contributed by atoms with van der Waals surface area (Å²) >= 11 is 0. The van der Waals surface area contributed by atoms with E-state index in [1.54, 1.807) is 0 Å². The van der Waals surface area contributed by atoms with Crippen molar-refractivity contribution in [1.29, 1.82) is 0 Å². The van der Waals surface area contributed by atoms with Gasteiger partial charge in [-0.05, 0) is 35.4 Å². The number of aliphatic hydroxyl groups excluding tert-OH is 1. The van der Waals surface area contributed by atoms with E-state index in [0.717, 1.165) is 12.1 Å². The molecule has 75 heavy (non-hydrogen) atoms. The molecule has 24 N–H and O–H groups in total. The molecule has 0 aliphatic rings. The van der Waals surface area contributed by atoms with E-state index in [-0.39, 0.29) is 11.1 Å². The van der Waals surface area contributed by atoms with Gasteiger partial charge in [0.25, 0.3) is 29.5 Å². The predicted molar refractivity (Wildman–Crippen MR) is 254 cm³/mol. The fourth-order valence-electron chi connectivity index (χ4n) is 6.47. The minimum absolute atomic E-state index is 0.107. The summed E-state index contributed by atoms with van der Waals surface area (Å²) in [4.78, 5) is 99.0. The first-order valence-corrected chi connectivity index (χ1v) is 20.9. The molecule has 0 saturated heterocycles. The standard InChI is InChI=1S/C41H48F6N20O8/c1-75-18-12-10-16(11-13-18)15-67(21-14-22(41(45,46)47)57-24-19(21)8-5-9-20(24)40(42,43)44)35(74)34(73)58-23(17-6-3-2-4-7-17)30(69)60-27(64-37(51)52)32(71)62-29(66-39(55)56)33(72)61-28(65-38(53)54)31(70)59-26(25(48)68)63-36(49)50/h2-14,23,26-29,35,74H,15H2,1H3,(H2,48,68)(H,58,73)(H,59,70)(H,60,69)(H,61,72)(H,62,71)(H4,49,50,63)(H4,51,52,64)(H4,53,54,65)(H4,55,56,66). The van der Waals surface area contributed by atoms with E-state index >= 15 is 0 Å². The van der Waals surface area contributed by atoms with Crippen LogP contribution in [0.25, 0.3) is 10.9 Å². The number of carbonyl (C=O) groups is 6. The van der Waals surface area contributed by atoms with Crippen LogP contribution in [-0.4, -0.2) is 107 Å². The number of aliphatic hydroxyl groups is 1. The number of aromatic nitrogens is 1. The molecule has 1 heterocycles. The van der Waals surface area contributed by atoms with Crippen molar-refractivity contribution in [3.05, 3.63) is 101 Å². The van der Waals surface area contributed by atoms with Gasteiger partial charge in [-0.3, -0.25) is 28.8 Å². The molecule has 3 aromatic carbocycles. The maximum Gasteiger partial charge on any atom is 0.433 e. The molecule has 28 nitrogen and oxygen atoms in total. The summed E-state index contributed by atoms with van der Waals surface area (Å²) in [6, 6.07) is 12.9. The Hall–Kier alpha value is -9.89. The number of guanidine groups is 4. The maximum absolute atomic E-state index is 14.4. The number of rotatable bonds is 21. The zero-order chi connectivity index (χ0) is 56.1. The van der Waals surface area contributed by atoms with Gasteiger partial charge in [0.2, 0.25) is 36.8 Å². The van der Waals surface area contributed by atoms with Gasteiger partial charge in [-0.1, -0.05) is 54.6 Å². The minimum Gasteiger partial charge on any atom is -0.497 e. The van der Waals surface area contributed by atoms with E-state index in [1.165, 1.54) is 61.7 Å². The lowest BCUT2D eigenvalue weighted by Crippen LogP contribution is -2.58. The molecular weight excluding hydrogens is 1010 g/mol. The number of pyridine rings is 1. The van der Waals surface area contributed by atoms with Gasteiger partial charge in [0.1, 0.15) is 17.5 Å². The Morgan fingerprint density at radius 1 is 0.600 bits per heavy atom. The summed E-state index contributed by atoms with van der Waals surface area (Å²) in [6.45, 7) is -0.687. The Bertz CT molecular complexity index is 2870. The molecule has 0 aliphatic heterocycles. The predicted octanol–water partition coefficient (Wildman–Crippen LogP) is -4.19. The van der Waals surface area contributed by atoms with Crippen LogP contribution in [0.3, 0.4) is 0 Å². The number of hydrogen-bond donors (Lipinski definition) is 15. The zero-order valence-corrected chi connectivity index (χ0v) is 38.6. The van der Waals surface area contributed by atoms with Gasteiger partial charge in [0.15, 0.2) is 23.8 Å². The van der Waals surface area contributed by atoms with Gasteiger partial charge in [-0.2, -0.15) is 26.3 Å². The molecule has 6 atom stereocenters. The molecule has 0 spiro atoms. The van der Waals surface area contributed by atoms with Crippen molar-refractivity contribution >= 4 is 75.9 Å². The fourth-order valence-corrected chi connectivity index (χ4v) is 6.47. The SMILES string of the molecule is COc1ccc(CN(c2cc(C(F)(F)F)nc3c(C(F)(F)F)cccc23)C(O)C(=O)NC(C(=O)NC(N=C(N)N)C(=O)NC(N=C(N)N)C(=O)NC(N=C(N)N)C(=O)NC(N=C(N)N)C(N)=O)c2ccccc2)cc1. The molecule has 34 heteroatoms. The number of fused-ring (bicyclic) bond motifs is 1. The number of benzene rings is 3. The molecule has 6 amide bonds. The van der Waals surface area contributed by atoms with Crippen molar-refractivity contribution in [2.24, 2.45) is 71.6 Å². The number of nitrogens with zero attached hydrogens (tertiary/aromatic N) is 6. The molecular formula is C41H48F6N20O8. The largest absolute Gasteiger partial charge is 0.497 e. The van der Waals surface area contributed by atoms with Crippen molar-refractivity contribution in [3.8, 4) is 5.75 Å². The molecule has 0 radical (unpaired) electrons. The second-order valence-electron chi connectivity index (χ2n) is 15.2. The van der Waals surface area contributed by atoms with Crippen LogP contribution >= 0.6 is 0 Å². The van der Waals surface area contributed by atoms with Crippen LogP contribution in [0, 0.1) is 0 Å². The Morgan fingerprint density at radius 2 is 1.07 bits per heavy atom. The molecule has 1 aromatic heterocycles. The molecule has 0 fully saturated rings. The van der Waals surface area contributed by atoms with Crippen LogP contribution in [0.1, 0.15) is 28.4 Å². The summed E-state index contributed by atoms with van der Waals surface area (Å²) in [6.07, 6.45) is -21.9. The normalized spacial score (nSPS) is 13.6. The second-order valence-corrected chi connectivity index (χ2v) is 15.2. The number of alkyl halides is 6. The monoisotopic (exact) mass is 1060 g/mol. The average Bonchev–Trinajstić information content (AvgIpc) is 3.32. The van der Waals surface area contributed by atoms with Crippen LogP contribution in [0.4, 0.5) is 32.0 Å². The Morgan fingerprint density at radius 3 is 1.51 bits per heavy atom. The first-order chi connectivity index (χ1) is 35.0. The number of hydrogen-bond acceptors (Lipinski definition) is 14. The topological polar surface area (TPSA) is 492 Å². The quantitative estimate of drug-likeness (QED) is 0.0163. The van der Waals surface area contributed by atoms with E-state index in [9.17, 15) is 60.2 Å². The summed E-state index contributed by atoms with van der Waals surface area (Å²) in [5.41, 5.74) is 43.3. The van der Waals surface area contributed by atoms with Crippen molar-refractivity contribution in [2.75, 3.05) is 12.0 Å².